The van der Waals surface area contributed by atoms with Gasteiger partial charge < -0.3 is 15.8 Å². The van der Waals surface area contributed by atoms with Crippen molar-refractivity contribution in [3.05, 3.63) is 59.7 Å². The number of alkyl halides is 3. The van der Waals surface area contributed by atoms with Gasteiger partial charge in [0.25, 0.3) is 0 Å². The van der Waals surface area contributed by atoms with Gasteiger partial charge >= 0.3 is 6.36 Å². The minimum absolute atomic E-state index is 0.178. The minimum atomic E-state index is -4.71. The first-order valence-electron chi connectivity index (χ1n) is 9.02. The molecule has 2 rings (SSSR count). The summed E-state index contributed by atoms with van der Waals surface area (Å²) in [6, 6.07) is 13.5. The van der Waals surface area contributed by atoms with Crippen LogP contribution in [0.3, 0.4) is 0 Å². The van der Waals surface area contributed by atoms with E-state index in [1.54, 1.807) is 0 Å². The van der Waals surface area contributed by atoms with Crippen LogP contribution in [-0.4, -0.2) is 30.3 Å². The van der Waals surface area contributed by atoms with Crippen LogP contribution in [0.1, 0.15) is 25.0 Å². The van der Waals surface area contributed by atoms with Gasteiger partial charge in [0.05, 0.1) is 6.54 Å². The van der Waals surface area contributed by atoms with Gasteiger partial charge in [0, 0.05) is 12.2 Å². The van der Waals surface area contributed by atoms with Crippen molar-refractivity contribution >= 4 is 11.6 Å². The highest BCUT2D eigenvalue weighted by atomic mass is 19.4. The third kappa shape index (κ3) is 7.48. The Bertz CT molecular complexity index is 755. The molecule has 0 aliphatic heterocycles. The molecule has 0 atom stereocenters. The Morgan fingerprint density at radius 2 is 1.57 bits per heavy atom. The molecule has 0 fully saturated rings. The normalized spacial score (nSPS) is 12.3. The van der Waals surface area contributed by atoms with Crippen LogP contribution in [-0.2, 0) is 13.1 Å². The van der Waals surface area contributed by atoms with Crippen molar-refractivity contribution in [1.29, 1.82) is 0 Å². The Balaban J connectivity index is 1.88. The fraction of sp³-hybridized carbons (Fsp3) is 0.350. The van der Waals surface area contributed by atoms with Crippen LogP contribution in [0.4, 0.5) is 18.9 Å². The first-order chi connectivity index (χ1) is 13.3. The Hall–Kier alpha value is -2.74. The summed E-state index contributed by atoms with van der Waals surface area (Å²) in [6.45, 7) is 7.61. The molecule has 0 radical (unpaired) electrons. The van der Waals surface area contributed by atoms with Crippen LogP contribution in [0.2, 0.25) is 0 Å². The van der Waals surface area contributed by atoms with Crippen LogP contribution in [0.5, 0.6) is 5.75 Å². The quantitative estimate of drug-likeness (QED) is 0.516. The summed E-state index contributed by atoms with van der Waals surface area (Å²) in [7, 11) is 0. The number of rotatable bonds is 8. The van der Waals surface area contributed by atoms with E-state index in [0.717, 1.165) is 25.2 Å². The van der Waals surface area contributed by atoms with Gasteiger partial charge in [-0.3, -0.25) is 4.90 Å². The zero-order chi connectivity index (χ0) is 20.6. The number of halogens is 3. The first kappa shape index (κ1) is 21.6. The van der Waals surface area contributed by atoms with E-state index in [4.69, 9.17) is 5.73 Å². The maximum Gasteiger partial charge on any atom is 0.573 e. The number of hydrogen-bond acceptors (Lipinski definition) is 3. The van der Waals surface area contributed by atoms with Gasteiger partial charge in [0.1, 0.15) is 5.75 Å². The third-order valence-electron chi connectivity index (χ3n) is 4.12. The molecule has 2 aromatic carbocycles. The molecule has 28 heavy (non-hydrogen) atoms. The van der Waals surface area contributed by atoms with E-state index in [1.807, 2.05) is 12.1 Å². The smallest absolute Gasteiger partial charge is 0.406 e. The van der Waals surface area contributed by atoms with E-state index >= 15 is 0 Å². The average molecular weight is 394 g/mol. The number of ether oxygens (including phenoxy) is 1. The molecule has 0 aliphatic rings. The van der Waals surface area contributed by atoms with Gasteiger partial charge in [-0.1, -0.05) is 38.1 Å². The van der Waals surface area contributed by atoms with E-state index in [9.17, 15) is 13.2 Å². The lowest BCUT2D eigenvalue weighted by atomic mass is 10.1. The second-order valence-corrected chi connectivity index (χ2v) is 6.18. The zero-order valence-electron chi connectivity index (χ0n) is 16.0. The maximum atomic E-state index is 12.2. The molecule has 0 saturated heterocycles. The lowest BCUT2D eigenvalue weighted by molar-refractivity contribution is -0.274. The summed E-state index contributed by atoms with van der Waals surface area (Å²) >= 11 is 0. The Labute approximate surface area is 163 Å². The van der Waals surface area contributed by atoms with Crippen molar-refractivity contribution in [2.45, 2.75) is 33.3 Å². The van der Waals surface area contributed by atoms with E-state index in [1.165, 1.54) is 29.8 Å². The van der Waals surface area contributed by atoms with E-state index < -0.39 is 6.36 Å². The Morgan fingerprint density at radius 1 is 1.00 bits per heavy atom. The number of nitrogens with two attached hydrogens (primary N) is 1. The highest BCUT2D eigenvalue weighted by Crippen LogP contribution is 2.23. The molecule has 2 aromatic rings. The van der Waals surface area contributed by atoms with Crippen LogP contribution in [0, 0.1) is 0 Å². The largest absolute Gasteiger partial charge is 0.573 e. The fourth-order valence-electron chi connectivity index (χ4n) is 2.56. The van der Waals surface area contributed by atoms with E-state index in [2.05, 4.69) is 45.9 Å². The Morgan fingerprint density at radius 3 is 2.11 bits per heavy atom. The maximum absolute atomic E-state index is 12.2. The monoisotopic (exact) mass is 394 g/mol. The molecule has 8 heteroatoms. The van der Waals surface area contributed by atoms with Gasteiger partial charge in [-0.2, -0.15) is 0 Å². The minimum Gasteiger partial charge on any atom is -0.406 e. The van der Waals surface area contributed by atoms with Crippen molar-refractivity contribution in [3.63, 3.8) is 0 Å². The fourth-order valence-corrected chi connectivity index (χ4v) is 2.56. The number of aliphatic imine (C=N–C) groups is 1. The molecule has 0 unspecified atom stereocenters. The van der Waals surface area contributed by atoms with Gasteiger partial charge in [-0.15, -0.1) is 13.2 Å². The Kier molecular flexibility index (Phi) is 7.69. The zero-order valence-corrected chi connectivity index (χ0v) is 16.0. The van der Waals surface area contributed by atoms with Gasteiger partial charge in [0.15, 0.2) is 5.96 Å². The number of hydrogen-bond donors (Lipinski definition) is 2. The first-order valence-corrected chi connectivity index (χ1v) is 9.02. The average Bonchev–Trinajstić information content (AvgIpc) is 2.66. The molecule has 0 amide bonds. The summed E-state index contributed by atoms with van der Waals surface area (Å²) in [4.78, 5) is 6.59. The molecule has 0 aromatic heterocycles. The number of nitrogens with one attached hydrogen (secondary N) is 1. The van der Waals surface area contributed by atoms with Gasteiger partial charge in [-0.05, 0) is 48.5 Å². The van der Waals surface area contributed by atoms with E-state index in [0.29, 0.717) is 12.2 Å². The molecule has 0 heterocycles. The molecular weight excluding hydrogens is 369 g/mol. The number of anilines is 1. The highest BCUT2D eigenvalue weighted by molar-refractivity contribution is 5.92. The number of benzene rings is 2. The summed E-state index contributed by atoms with van der Waals surface area (Å²) in [5.41, 5.74) is 8.62. The molecule has 0 spiro atoms. The van der Waals surface area contributed by atoms with Crippen molar-refractivity contribution < 1.29 is 17.9 Å². The van der Waals surface area contributed by atoms with Crippen LogP contribution in [0.15, 0.2) is 53.5 Å². The van der Waals surface area contributed by atoms with Crippen LogP contribution >= 0.6 is 0 Å². The van der Waals surface area contributed by atoms with Crippen LogP contribution < -0.4 is 15.8 Å². The SMILES string of the molecule is CCN(CC)Cc1ccc(CN=C(N)Nc2ccc(OC(F)(F)F)cc2)cc1. The molecule has 3 N–H and O–H groups in total. The van der Waals surface area contributed by atoms with Crippen LogP contribution in [0.25, 0.3) is 0 Å². The summed E-state index contributed by atoms with van der Waals surface area (Å²) in [5, 5.41) is 2.84. The predicted molar refractivity (Wildman–Crippen MR) is 105 cm³/mol. The summed E-state index contributed by atoms with van der Waals surface area (Å²) in [6.07, 6.45) is -4.71. The molecule has 5 nitrogen and oxygen atoms in total. The van der Waals surface area contributed by atoms with Crippen molar-refractivity contribution in [1.82, 2.24) is 4.90 Å². The standard InChI is InChI=1S/C20H25F3N4O/c1-3-27(4-2)14-16-7-5-15(6-8-16)13-25-19(24)26-17-9-11-18(12-10-17)28-20(21,22)23/h5-12H,3-4,13-14H2,1-2H3,(H3,24,25,26). The van der Waals surface area contributed by atoms with Gasteiger partial charge in [-0.25, -0.2) is 4.99 Å². The third-order valence-corrected chi connectivity index (χ3v) is 4.12. The highest BCUT2D eigenvalue weighted by Gasteiger charge is 2.30. The van der Waals surface area contributed by atoms with E-state index in [-0.39, 0.29) is 11.7 Å². The summed E-state index contributed by atoms with van der Waals surface area (Å²) < 4.78 is 40.3. The molecule has 0 saturated carbocycles. The molecule has 0 aliphatic carbocycles. The topological polar surface area (TPSA) is 62.9 Å². The van der Waals surface area contributed by atoms with Gasteiger partial charge in [0.2, 0.25) is 0 Å². The predicted octanol–water partition coefficient (Wildman–Crippen LogP) is 4.35. The lowest BCUT2D eigenvalue weighted by Gasteiger charge is -2.17. The number of nitrogens with zero attached hydrogens (tertiary/aromatic N) is 2. The molecular formula is C20H25F3N4O. The van der Waals surface area contributed by atoms with Crippen molar-refractivity contribution in [3.8, 4) is 5.75 Å². The van der Waals surface area contributed by atoms with Crippen molar-refractivity contribution in [2.24, 2.45) is 10.7 Å². The summed E-state index contributed by atoms with van der Waals surface area (Å²) in [5.74, 6) is -0.116. The molecule has 0 bridgehead atoms. The number of guanidine groups is 1. The van der Waals surface area contributed by atoms with Crippen molar-refractivity contribution in [2.75, 3.05) is 18.4 Å². The second-order valence-electron chi connectivity index (χ2n) is 6.18. The second kappa shape index (κ2) is 9.98. The lowest BCUT2D eigenvalue weighted by Crippen LogP contribution is -2.22. The molecule has 152 valence electrons.